The normalized spacial score (nSPS) is 11.4. The lowest BCUT2D eigenvalue weighted by molar-refractivity contribution is -0.117. The Balaban J connectivity index is 2.98. The summed E-state index contributed by atoms with van der Waals surface area (Å²) in [5.74, 6) is -0.564. The zero-order valence-electron chi connectivity index (χ0n) is 10.4. The Kier molecular flexibility index (Phi) is 4.31. The lowest BCUT2D eigenvalue weighted by Gasteiger charge is -2.11. The molecule has 0 unspecified atom stereocenters. The molecule has 0 saturated heterocycles. The molecule has 0 aliphatic heterocycles. The number of hydrogen-bond acceptors (Lipinski definition) is 4. The molecule has 18 heavy (non-hydrogen) atoms. The number of aryl methyl sites for hydroxylation is 2. The standard InChI is InChI=1S/C11H17N3O3S/c1-7-5-9(12)10(6-8(7)2)18(16,17)14-4-3-11(13)15/h5-6,14H,3-4,12H2,1-2H3,(H2,13,15). The van der Waals surface area contributed by atoms with Gasteiger partial charge in [0.1, 0.15) is 4.90 Å². The Morgan fingerprint density at radius 1 is 1.28 bits per heavy atom. The lowest BCUT2D eigenvalue weighted by Crippen LogP contribution is -2.28. The molecule has 1 rings (SSSR count). The molecule has 0 atom stereocenters. The van der Waals surface area contributed by atoms with Crippen molar-refractivity contribution in [2.75, 3.05) is 12.3 Å². The van der Waals surface area contributed by atoms with Gasteiger partial charge in [-0.1, -0.05) is 0 Å². The summed E-state index contributed by atoms with van der Waals surface area (Å²) in [5, 5.41) is 0. The molecule has 0 radical (unpaired) electrons. The van der Waals surface area contributed by atoms with Crippen molar-refractivity contribution in [3.05, 3.63) is 23.3 Å². The summed E-state index contributed by atoms with van der Waals surface area (Å²) in [6, 6.07) is 3.12. The first-order chi connectivity index (χ1) is 8.24. The molecule has 0 spiro atoms. The maximum absolute atomic E-state index is 12.0. The minimum absolute atomic E-state index is 0.0232. The first-order valence-electron chi connectivity index (χ1n) is 5.38. The molecule has 0 heterocycles. The van der Waals surface area contributed by atoms with E-state index >= 15 is 0 Å². The van der Waals surface area contributed by atoms with Gasteiger partial charge in [0.2, 0.25) is 15.9 Å². The maximum Gasteiger partial charge on any atom is 0.242 e. The quantitative estimate of drug-likeness (QED) is 0.656. The van der Waals surface area contributed by atoms with Crippen LogP contribution in [0.5, 0.6) is 0 Å². The number of benzene rings is 1. The van der Waals surface area contributed by atoms with Crippen LogP contribution in [0.3, 0.4) is 0 Å². The average molecular weight is 271 g/mol. The minimum atomic E-state index is -3.71. The maximum atomic E-state index is 12.0. The highest BCUT2D eigenvalue weighted by atomic mass is 32.2. The molecule has 7 heteroatoms. The molecule has 0 aliphatic rings. The van der Waals surface area contributed by atoms with E-state index in [1.165, 1.54) is 6.07 Å². The minimum Gasteiger partial charge on any atom is -0.398 e. The van der Waals surface area contributed by atoms with E-state index in [9.17, 15) is 13.2 Å². The summed E-state index contributed by atoms with van der Waals surface area (Å²) >= 11 is 0. The van der Waals surface area contributed by atoms with Gasteiger partial charge in [-0.05, 0) is 37.1 Å². The lowest BCUT2D eigenvalue weighted by atomic mass is 10.1. The summed E-state index contributed by atoms with van der Waals surface area (Å²) in [6.45, 7) is 3.61. The zero-order chi connectivity index (χ0) is 13.9. The topological polar surface area (TPSA) is 115 Å². The zero-order valence-corrected chi connectivity index (χ0v) is 11.2. The van der Waals surface area contributed by atoms with E-state index in [1.807, 2.05) is 6.92 Å². The molecule has 0 aliphatic carbocycles. The number of rotatable bonds is 5. The van der Waals surface area contributed by atoms with Gasteiger partial charge < -0.3 is 11.5 Å². The highest BCUT2D eigenvalue weighted by molar-refractivity contribution is 7.89. The number of carbonyl (C=O) groups is 1. The van der Waals surface area contributed by atoms with Gasteiger partial charge in [-0.3, -0.25) is 4.79 Å². The Morgan fingerprint density at radius 3 is 2.39 bits per heavy atom. The van der Waals surface area contributed by atoms with Gasteiger partial charge in [-0.2, -0.15) is 0 Å². The van der Waals surface area contributed by atoms with Crippen molar-refractivity contribution in [1.29, 1.82) is 0 Å². The second-order valence-electron chi connectivity index (χ2n) is 4.09. The third-order valence-electron chi connectivity index (χ3n) is 2.58. The molecule has 0 aromatic heterocycles. The summed E-state index contributed by atoms with van der Waals surface area (Å²) < 4.78 is 26.2. The second kappa shape index (κ2) is 5.36. The fourth-order valence-corrected chi connectivity index (χ4v) is 2.66. The van der Waals surface area contributed by atoms with E-state index in [1.54, 1.807) is 13.0 Å². The Labute approximate surface area is 106 Å². The molecular formula is C11H17N3O3S. The van der Waals surface area contributed by atoms with Crippen molar-refractivity contribution >= 4 is 21.6 Å². The van der Waals surface area contributed by atoms with Crippen LogP contribution in [0, 0.1) is 13.8 Å². The Bertz CT molecular complexity index is 567. The number of nitrogen functional groups attached to an aromatic ring is 1. The van der Waals surface area contributed by atoms with Crippen molar-refractivity contribution < 1.29 is 13.2 Å². The summed E-state index contributed by atoms with van der Waals surface area (Å²) in [5.41, 5.74) is 12.6. The van der Waals surface area contributed by atoms with E-state index < -0.39 is 15.9 Å². The van der Waals surface area contributed by atoms with E-state index in [0.717, 1.165) is 11.1 Å². The monoisotopic (exact) mass is 271 g/mol. The largest absolute Gasteiger partial charge is 0.398 e. The van der Waals surface area contributed by atoms with Crippen LogP contribution >= 0.6 is 0 Å². The Hall–Kier alpha value is -1.60. The number of amides is 1. The molecular weight excluding hydrogens is 254 g/mol. The van der Waals surface area contributed by atoms with Gasteiger partial charge >= 0.3 is 0 Å². The van der Waals surface area contributed by atoms with Gasteiger partial charge in [0.05, 0.1) is 5.69 Å². The molecule has 1 aromatic carbocycles. The fraction of sp³-hybridized carbons (Fsp3) is 0.364. The van der Waals surface area contributed by atoms with Crippen LogP contribution in [-0.4, -0.2) is 20.9 Å². The smallest absolute Gasteiger partial charge is 0.242 e. The summed E-state index contributed by atoms with van der Waals surface area (Å²) in [7, 11) is -3.71. The molecule has 6 nitrogen and oxygen atoms in total. The van der Waals surface area contributed by atoms with E-state index in [0.29, 0.717) is 0 Å². The third kappa shape index (κ3) is 3.44. The van der Waals surface area contributed by atoms with Gasteiger partial charge in [0.25, 0.3) is 0 Å². The van der Waals surface area contributed by atoms with E-state index in [4.69, 9.17) is 11.5 Å². The van der Waals surface area contributed by atoms with Crippen molar-refractivity contribution in [3.63, 3.8) is 0 Å². The summed E-state index contributed by atoms with van der Waals surface area (Å²) in [6.07, 6.45) is -0.0516. The van der Waals surface area contributed by atoms with Crippen molar-refractivity contribution in [2.24, 2.45) is 5.73 Å². The first-order valence-corrected chi connectivity index (χ1v) is 6.87. The average Bonchev–Trinajstić information content (AvgIpc) is 2.22. The molecule has 1 amide bonds. The van der Waals surface area contributed by atoms with E-state index in [-0.39, 0.29) is 23.5 Å². The highest BCUT2D eigenvalue weighted by Gasteiger charge is 2.18. The number of nitrogens with one attached hydrogen (secondary N) is 1. The van der Waals surface area contributed by atoms with E-state index in [2.05, 4.69) is 4.72 Å². The van der Waals surface area contributed by atoms with Crippen LogP contribution in [0.4, 0.5) is 5.69 Å². The number of nitrogens with two attached hydrogens (primary N) is 2. The van der Waals surface area contributed by atoms with Crippen molar-refractivity contribution in [2.45, 2.75) is 25.2 Å². The molecule has 0 saturated carbocycles. The molecule has 5 N–H and O–H groups in total. The molecule has 0 bridgehead atoms. The predicted molar refractivity (Wildman–Crippen MR) is 69.3 cm³/mol. The number of anilines is 1. The number of hydrogen-bond donors (Lipinski definition) is 3. The number of sulfonamides is 1. The number of carbonyl (C=O) groups excluding carboxylic acids is 1. The van der Waals surface area contributed by atoms with Crippen LogP contribution in [0.25, 0.3) is 0 Å². The SMILES string of the molecule is Cc1cc(N)c(S(=O)(=O)NCCC(N)=O)cc1C. The van der Waals surface area contributed by atoms with Gasteiger partial charge in [-0.25, -0.2) is 13.1 Å². The third-order valence-corrected chi connectivity index (χ3v) is 4.10. The van der Waals surface area contributed by atoms with Gasteiger partial charge in [-0.15, -0.1) is 0 Å². The second-order valence-corrected chi connectivity index (χ2v) is 5.82. The van der Waals surface area contributed by atoms with Gasteiger partial charge in [0.15, 0.2) is 0 Å². The highest BCUT2D eigenvalue weighted by Crippen LogP contribution is 2.22. The van der Waals surface area contributed by atoms with Crippen LogP contribution in [0.2, 0.25) is 0 Å². The number of primary amides is 1. The fourth-order valence-electron chi connectivity index (χ4n) is 1.43. The van der Waals surface area contributed by atoms with Crippen LogP contribution in [0.15, 0.2) is 17.0 Å². The van der Waals surface area contributed by atoms with Crippen molar-refractivity contribution in [3.8, 4) is 0 Å². The first kappa shape index (κ1) is 14.5. The van der Waals surface area contributed by atoms with Gasteiger partial charge in [0, 0.05) is 13.0 Å². The van der Waals surface area contributed by atoms with Crippen LogP contribution in [0.1, 0.15) is 17.5 Å². The molecule has 100 valence electrons. The van der Waals surface area contributed by atoms with Crippen LogP contribution < -0.4 is 16.2 Å². The van der Waals surface area contributed by atoms with Crippen molar-refractivity contribution in [1.82, 2.24) is 4.72 Å². The van der Waals surface area contributed by atoms with Crippen LogP contribution in [-0.2, 0) is 14.8 Å². The molecule has 1 aromatic rings. The molecule has 0 fully saturated rings. The Morgan fingerprint density at radius 2 is 1.83 bits per heavy atom. The summed E-state index contributed by atoms with van der Waals surface area (Å²) in [4.78, 5) is 10.6. The predicted octanol–water partition coefficient (Wildman–Crippen LogP) is 0.0393.